The first kappa shape index (κ1) is 11.2. The maximum atomic E-state index is 10.8. The largest absolute Gasteiger partial charge is 0.478 e. The van der Waals surface area contributed by atoms with Crippen LogP contribution in [0.3, 0.4) is 0 Å². The van der Waals surface area contributed by atoms with E-state index in [0.29, 0.717) is 0 Å². The summed E-state index contributed by atoms with van der Waals surface area (Å²) in [6.45, 7) is -0.369. The topological polar surface area (TPSA) is 77.8 Å². The van der Waals surface area contributed by atoms with E-state index in [1.807, 2.05) is 0 Å². The zero-order valence-electron chi connectivity index (χ0n) is 7.84. The van der Waals surface area contributed by atoms with Crippen molar-refractivity contribution in [3.63, 3.8) is 0 Å². The van der Waals surface area contributed by atoms with Gasteiger partial charge in [-0.3, -0.25) is 0 Å². The lowest BCUT2D eigenvalue weighted by Gasteiger charge is -2.07. The molecule has 15 heavy (non-hydrogen) atoms. The van der Waals surface area contributed by atoms with Crippen LogP contribution < -0.4 is 0 Å². The van der Waals surface area contributed by atoms with Crippen LogP contribution in [0.25, 0.3) is 0 Å². The van der Waals surface area contributed by atoms with E-state index in [0.717, 1.165) is 0 Å². The minimum atomic E-state index is -1.19. The van der Waals surface area contributed by atoms with E-state index in [1.165, 1.54) is 12.1 Å². The Kier molecular flexibility index (Phi) is 3.86. The number of carboxylic acids is 1. The number of hydrogen-bond donors (Lipinski definition) is 3. The summed E-state index contributed by atoms with van der Waals surface area (Å²) in [4.78, 5) is 10.8. The lowest BCUT2D eigenvalue weighted by atomic mass is 10.0. The van der Waals surface area contributed by atoms with E-state index < -0.39 is 12.1 Å². The Morgan fingerprint density at radius 1 is 1.40 bits per heavy atom. The standard InChI is InChI=1S/C11H10O4/c12-7-3-6-10(13)8-4-1-2-5-9(8)11(14)15/h1-2,4-5,10,12-13H,7H2,(H,14,15). The Morgan fingerprint density at radius 3 is 2.67 bits per heavy atom. The number of aliphatic hydroxyl groups is 2. The lowest BCUT2D eigenvalue weighted by Crippen LogP contribution is -2.05. The molecule has 4 heteroatoms. The zero-order chi connectivity index (χ0) is 11.3. The smallest absolute Gasteiger partial charge is 0.336 e. The Morgan fingerprint density at radius 2 is 2.07 bits per heavy atom. The number of carbonyl (C=O) groups is 1. The van der Waals surface area contributed by atoms with Crippen LogP contribution in [-0.2, 0) is 0 Å². The Hall–Kier alpha value is -1.83. The van der Waals surface area contributed by atoms with Crippen LogP contribution >= 0.6 is 0 Å². The first-order valence-corrected chi connectivity index (χ1v) is 4.26. The molecule has 0 saturated carbocycles. The van der Waals surface area contributed by atoms with E-state index in [-0.39, 0.29) is 17.7 Å². The highest BCUT2D eigenvalue weighted by molar-refractivity contribution is 5.89. The fourth-order valence-corrected chi connectivity index (χ4v) is 1.15. The Balaban J connectivity index is 3.07. The molecule has 3 N–H and O–H groups in total. The predicted octanol–water partition coefficient (Wildman–Crippen LogP) is 0.414. The SMILES string of the molecule is O=C(O)c1ccccc1C(O)C#CCO. The van der Waals surface area contributed by atoms with Crippen LogP contribution in [0, 0.1) is 11.8 Å². The first-order chi connectivity index (χ1) is 7.16. The van der Waals surface area contributed by atoms with E-state index in [1.54, 1.807) is 12.1 Å². The van der Waals surface area contributed by atoms with Crippen molar-refractivity contribution < 1.29 is 20.1 Å². The number of aromatic carboxylic acids is 1. The second-order valence-electron chi connectivity index (χ2n) is 2.77. The quantitative estimate of drug-likeness (QED) is 0.612. The monoisotopic (exact) mass is 206 g/mol. The molecular formula is C11H10O4. The predicted molar refractivity (Wildman–Crippen MR) is 53.2 cm³/mol. The molecule has 0 aliphatic heterocycles. The van der Waals surface area contributed by atoms with Gasteiger partial charge in [-0.2, -0.15) is 0 Å². The summed E-state index contributed by atoms with van der Waals surface area (Å²) in [6, 6.07) is 6.06. The van der Waals surface area contributed by atoms with E-state index >= 15 is 0 Å². The fraction of sp³-hybridized carbons (Fsp3) is 0.182. The van der Waals surface area contributed by atoms with Crippen molar-refractivity contribution in [1.82, 2.24) is 0 Å². The zero-order valence-corrected chi connectivity index (χ0v) is 7.84. The van der Waals surface area contributed by atoms with Gasteiger partial charge in [0, 0.05) is 5.56 Å². The van der Waals surface area contributed by atoms with Gasteiger partial charge in [0.2, 0.25) is 0 Å². The van der Waals surface area contributed by atoms with E-state index in [4.69, 9.17) is 10.2 Å². The van der Waals surface area contributed by atoms with Crippen molar-refractivity contribution in [2.45, 2.75) is 6.10 Å². The molecule has 0 radical (unpaired) electrons. The normalized spacial score (nSPS) is 11.3. The van der Waals surface area contributed by atoms with Crippen LogP contribution in [0.4, 0.5) is 0 Å². The number of rotatable bonds is 2. The van der Waals surface area contributed by atoms with Gasteiger partial charge in [-0.25, -0.2) is 4.79 Å². The molecule has 78 valence electrons. The third-order valence-electron chi connectivity index (χ3n) is 1.80. The summed E-state index contributed by atoms with van der Waals surface area (Å²) >= 11 is 0. The van der Waals surface area contributed by atoms with Gasteiger partial charge >= 0.3 is 5.97 Å². The van der Waals surface area contributed by atoms with Gasteiger partial charge in [0.15, 0.2) is 0 Å². The van der Waals surface area contributed by atoms with Crippen molar-refractivity contribution in [2.75, 3.05) is 6.61 Å². The lowest BCUT2D eigenvalue weighted by molar-refractivity contribution is 0.0692. The van der Waals surface area contributed by atoms with Crippen molar-refractivity contribution in [1.29, 1.82) is 0 Å². The molecule has 0 saturated heterocycles. The molecule has 0 aromatic heterocycles. The molecule has 1 aromatic rings. The van der Waals surface area contributed by atoms with Gasteiger partial charge in [-0.1, -0.05) is 30.0 Å². The summed E-state index contributed by atoms with van der Waals surface area (Å²) in [6.07, 6.45) is -1.19. The van der Waals surface area contributed by atoms with Crippen LogP contribution in [0.2, 0.25) is 0 Å². The van der Waals surface area contributed by atoms with Crippen LogP contribution in [-0.4, -0.2) is 27.9 Å². The molecule has 0 heterocycles. The average Bonchev–Trinajstić information content (AvgIpc) is 2.25. The van der Waals surface area contributed by atoms with Crippen LogP contribution in [0.1, 0.15) is 22.0 Å². The fourth-order valence-electron chi connectivity index (χ4n) is 1.15. The third-order valence-corrected chi connectivity index (χ3v) is 1.80. The van der Waals surface area contributed by atoms with Gasteiger partial charge in [-0.15, -0.1) is 0 Å². The van der Waals surface area contributed by atoms with Gasteiger partial charge < -0.3 is 15.3 Å². The second-order valence-corrected chi connectivity index (χ2v) is 2.77. The van der Waals surface area contributed by atoms with Crippen LogP contribution in [0.15, 0.2) is 24.3 Å². The summed E-state index contributed by atoms with van der Waals surface area (Å²) in [5, 5.41) is 26.8. The highest BCUT2D eigenvalue weighted by Gasteiger charge is 2.13. The molecule has 0 bridgehead atoms. The molecule has 0 aliphatic carbocycles. The average molecular weight is 206 g/mol. The highest BCUT2D eigenvalue weighted by Crippen LogP contribution is 2.17. The maximum absolute atomic E-state index is 10.8. The second kappa shape index (κ2) is 5.15. The summed E-state index contributed by atoms with van der Waals surface area (Å²) in [5.41, 5.74) is 0.239. The highest BCUT2D eigenvalue weighted by atomic mass is 16.4. The molecule has 0 fully saturated rings. The number of hydrogen-bond acceptors (Lipinski definition) is 3. The Bertz CT molecular complexity index is 414. The summed E-state index contributed by atoms with van der Waals surface area (Å²) in [5.74, 6) is 3.50. The molecule has 1 unspecified atom stereocenters. The van der Waals surface area contributed by atoms with Crippen molar-refractivity contribution in [3.8, 4) is 11.8 Å². The number of benzene rings is 1. The van der Waals surface area contributed by atoms with Crippen LogP contribution in [0.5, 0.6) is 0 Å². The maximum Gasteiger partial charge on any atom is 0.336 e. The van der Waals surface area contributed by atoms with E-state index in [9.17, 15) is 9.90 Å². The van der Waals surface area contributed by atoms with Crippen molar-refractivity contribution >= 4 is 5.97 Å². The molecule has 0 aliphatic rings. The van der Waals surface area contributed by atoms with Crippen molar-refractivity contribution in [3.05, 3.63) is 35.4 Å². The minimum absolute atomic E-state index is 0.0113. The number of carboxylic acid groups (broad SMARTS) is 1. The third kappa shape index (κ3) is 2.81. The van der Waals surface area contributed by atoms with Gasteiger partial charge in [0.05, 0.1) is 5.56 Å². The molecule has 1 atom stereocenters. The molecular weight excluding hydrogens is 196 g/mol. The molecule has 1 rings (SSSR count). The summed E-state index contributed by atoms with van der Waals surface area (Å²) < 4.78 is 0. The molecule has 1 aromatic carbocycles. The summed E-state index contributed by atoms with van der Waals surface area (Å²) in [7, 11) is 0. The van der Waals surface area contributed by atoms with Gasteiger partial charge in [0.1, 0.15) is 12.7 Å². The van der Waals surface area contributed by atoms with Gasteiger partial charge in [-0.05, 0) is 6.07 Å². The Labute approximate surface area is 86.8 Å². The molecule has 0 spiro atoms. The van der Waals surface area contributed by atoms with Gasteiger partial charge in [0.25, 0.3) is 0 Å². The van der Waals surface area contributed by atoms with Crippen molar-refractivity contribution in [2.24, 2.45) is 0 Å². The molecule has 4 nitrogen and oxygen atoms in total. The first-order valence-electron chi connectivity index (χ1n) is 4.26. The minimum Gasteiger partial charge on any atom is -0.478 e. The molecule has 0 amide bonds. The number of aliphatic hydroxyl groups excluding tert-OH is 2. The van der Waals surface area contributed by atoms with E-state index in [2.05, 4.69) is 11.8 Å².